The highest BCUT2D eigenvalue weighted by atomic mass is 32.1. The molecule has 0 spiro atoms. The minimum absolute atomic E-state index is 0.176. The molecular weight excluding hydrogens is 446 g/mol. The molecule has 4 rings (SSSR count). The van der Waals surface area contributed by atoms with Crippen molar-refractivity contribution in [1.82, 2.24) is 23.6 Å². The van der Waals surface area contributed by atoms with E-state index in [2.05, 4.69) is 18.9 Å². The fourth-order valence-electron chi connectivity index (χ4n) is 4.21. The SMILES string of the molecule is CCOC(=O)[C@H]1CCCN(C(=O)Cn2nc3n(CCC(C)C)c(=O)c4sccc4n3c2=O)C1. The van der Waals surface area contributed by atoms with Crippen LogP contribution in [0.4, 0.5) is 0 Å². The molecule has 0 aliphatic carbocycles. The van der Waals surface area contributed by atoms with Gasteiger partial charge in [-0.2, -0.15) is 0 Å². The Kier molecular flexibility index (Phi) is 6.68. The molecule has 0 unspecified atom stereocenters. The number of fused-ring (bicyclic) bond motifs is 3. The summed E-state index contributed by atoms with van der Waals surface area (Å²) in [6.45, 7) is 7.17. The van der Waals surface area contributed by atoms with Crippen molar-refractivity contribution >= 4 is 39.2 Å². The standard InChI is InChI=1S/C22H29N5O5S/c1-4-32-20(30)15-6-5-9-24(12-15)17(28)13-26-22(31)27-16-8-11-33-18(16)19(29)25(21(27)23-26)10-7-14(2)3/h8,11,14-15H,4-7,9-10,12-13H2,1-3H3/t15-/m0/s1. The summed E-state index contributed by atoms with van der Waals surface area (Å²) in [5, 5.41) is 6.17. The molecule has 0 N–H and O–H groups in total. The van der Waals surface area contributed by atoms with Gasteiger partial charge in [0.25, 0.3) is 5.56 Å². The first-order valence-electron chi connectivity index (χ1n) is 11.4. The lowest BCUT2D eigenvalue weighted by molar-refractivity contribution is -0.151. The highest BCUT2D eigenvalue weighted by molar-refractivity contribution is 7.17. The molecule has 0 aromatic carbocycles. The van der Waals surface area contributed by atoms with Crippen molar-refractivity contribution in [2.45, 2.75) is 53.1 Å². The predicted molar refractivity (Wildman–Crippen MR) is 124 cm³/mol. The molecule has 11 heteroatoms. The number of hydrogen-bond donors (Lipinski definition) is 0. The largest absolute Gasteiger partial charge is 0.466 e. The van der Waals surface area contributed by atoms with Crippen LogP contribution in [0.2, 0.25) is 0 Å². The third-order valence-corrected chi connectivity index (χ3v) is 6.89. The smallest absolute Gasteiger partial charge is 0.352 e. The molecule has 33 heavy (non-hydrogen) atoms. The third-order valence-electron chi connectivity index (χ3n) is 6.00. The van der Waals surface area contributed by atoms with Gasteiger partial charge >= 0.3 is 11.7 Å². The third kappa shape index (κ3) is 4.46. The number of esters is 1. The van der Waals surface area contributed by atoms with E-state index in [9.17, 15) is 19.2 Å². The second-order valence-electron chi connectivity index (χ2n) is 8.78. The first kappa shape index (κ1) is 23.2. The van der Waals surface area contributed by atoms with Gasteiger partial charge in [0.2, 0.25) is 11.7 Å². The summed E-state index contributed by atoms with van der Waals surface area (Å²) in [4.78, 5) is 53.0. The molecule has 4 heterocycles. The Morgan fingerprint density at radius 3 is 2.82 bits per heavy atom. The van der Waals surface area contributed by atoms with E-state index in [0.717, 1.165) is 11.1 Å². The van der Waals surface area contributed by atoms with Crippen LogP contribution in [0.15, 0.2) is 21.0 Å². The molecule has 1 aliphatic heterocycles. The summed E-state index contributed by atoms with van der Waals surface area (Å²) < 4.78 is 9.66. The fraction of sp³-hybridized carbons (Fsp3) is 0.591. The lowest BCUT2D eigenvalue weighted by Gasteiger charge is -2.31. The van der Waals surface area contributed by atoms with E-state index in [1.54, 1.807) is 23.3 Å². The Morgan fingerprint density at radius 1 is 1.30 bits per heavy atom. The number of piperidine rings is 1. The predicted octanol–water partition coefficient (Wildman–Crippen LogP) is 1.72. The van der Waals surface area contributed by atoms with Gasteiger partial charge < -0.3 is 9.64 Å². The number of nitrogens with zero attached hydrogens (tertiary/aromatic N) is 5. The van der Waals surface area contributed by atoms with Crippen LogP contribution in [0.5, 0.6) is 0 Å². The summed E-state index contributed by atoms with van der Waals surface area (Å²) in [6, 6.07) is 1.73. The number of hydrogen-bond acceptors (Lipinski definition) is 7. The molecule has 3 aromatic heterocycles. The van der Waals surface area contributed by atoms with Crippen molar-refractivity contribution in [2.75, 3.05) is 19.7 Å². The fourth-order valence-corrected chi connectivity index (χ4v) is 5.03. The number of carbonyl (C=O) groups is 2. The van der Waals surface area contributed by atoms with Crippen LogP contribution in [-0.4, -0.2) is 55.2 Å². The molecule has 1 atom stereocenters. The lowest BCUT2D eigenvalue weighted by atomic mass is 9.98. The monoisotopic (exact) mass is 475 g/mol. The maximum atomic E-state index is 13.2. The van der Waals surface area contributed by atoms with Gasteiger partial charge in [0.15, 0.2) is 0 Å². The van der Waals surface area contributed by atoms with Crippen molar-refractivity contribution < 1.29 is 14.3 Å². The van der Waals surface area contributed by atoms with E-state index in [-0.39, 0.29) is 42.2 Å². The first-order chi connectivity index (χ1) is 15.8. The van der Waals surface area contributed by atoms with Gasteiger partial charge in [0.05, 0.1) is 18.0 Å². The summed E-state index contributed by atoms with van der Waals surface area (Å²) in [6.07, 6.45) is 2.13. The summed E-state index contributed by atoms with van der Waals surface area (Å²) in [5.41, 5.74) is -0.131. The van der Waals surface area contributed by atoms with E-state index in [4.69, 9.17) is 4.74 Å². The second kappa shape index (κ2) is 9.50. The van der Waals surface area contributed by atoms with Crippen LogP contribution in [0.3, 0.4) is 0 Å². The number of aryl methyl sites for hydroxylation is 1. The van der Waals surface area contributed by atoms with Gasteiger partial charge in [-0.3, -0.25) is 19.0 Å². The van der Waals surface area contributed by atoms with Crippen LogP contribution < -0.4 is 11.2 Å². The van der Waals surface area contributed by atoms with E-state index >= 15 is 0 Å². The summed E-state index contributed by atoms with van der Waals surface area (Å²) in [7, 11) is 0. The number of amides is 1. The molecule has 3 aromatic rings. The Labute approximate surface area is 194 Å². The Bertz CT molecular complexity index is 1300. The Hall–Kier alpha value is -2.95. The zero-order valence-corrected chi connectivity index (χ0v) is 20.0. The maximum Gasteiger partial charge on any atom is 0.352 e. The van der Waals surface area contributed by atoms with Crippen LogP contribution in [0, 0.1) is 11.8 Å². The summed E-state index contributed by atoms with van der Waals surface area (Å²) >= 11 is 1.29. The van der Waals surface area contributed by atoms with E-state index < -0.39 is 5.69 Å². The number of rotatable bonds is 7. The Balaban J connectivity index is 1.66. The molecule has 1 saturated heterocycles. The average molecular weight is 476 g/mol. The molecule has 0 radical (unpaired) electrons. The Morgan fingerprint density at radius 2 is 2.09 bits per heavy atom. The van der Waals surface area contributed by atoms with Gasteiger partial charge in [-0.25, -0.2) is 13.9 Å². The molecule has 1 aliphatic rings. The van der Waals surface area contributed by atoms with Gasteiger partial charge in [0, 0.05) is 19.6 Å². The maximum absolute atomic E-state index is 13.2. The van der Waals surface area contributed by atoms with E-state index in [1.165, 1.54) is 20.3 Å². The highest BCUT2D eigenvalue weighted by Gasteiger charge is 2.30. The molecule has 178 valence electrons. The minimum Gasteiger partial charge on any atom is -0.466 e. The first-order valence-corrected chi connectivity index (χ1v) is 12.2. The average Bonchev–Trinajstić information content (AvgIpc) is 3.39. The van der Waals surface area contributed by atoms with Crippen LogP contribution in [-0.2, 0) is 27.4 Å². The molecule has 1 amide bonds. The highest BCUT2D eigenvalue weighted by Crippen LogP contribution is 2.19. The summed E-state index contributed by atoms with van der Waals surface area (Å²) in [5.74, 6) is -0.321. The number of carbonyl (C=O) groups excluding carboxylic acids is 2. The van der Waals surface area contributed by atoms with E-state index in [0.29, 0.717) is 48.7 Å². The van der Waals surface area contributed by atoms with Gasteiger partial charge in [0.1, 0.15) is 11.2 Å². The van der Waals surface area contributed by atoms with Gasteiger partial charge in [-0.15, -0.1) is 16.4 Å². The molecule has 1 fully saturated rings. The number of aromatic nitrogens is 4. The van der Waals surface area contributed by atoms with Crippen molar-refractivity contribution in [1.29, 1.82) is 0 Å². The van der Waals surface area contributed by atoms with Crippen molar-refractivity contribution in [2.24, 2.45) is 11.8 Å². The minimum atomic E-state index is -0.459. The second-order valence-corrected chi connectivity index (χ2v) is 9.70. The van der Waals surface area contributed by atoms with Crippen molar-refractivity contribution in [3.05, 3.63) is 32.3 Å². The van der Waals surface area contributed by atoms with Crippen LogP contribution >= 0.6 is 11.3 Å². The quantitative estimate of drug-likeness (QED) is 0.482. The van der Waals surface area contributed by atoms with Crippen LogP contribution in [0.1, 0.15) is 40.0 Å². The van der Waals surface area contributed by atoms with Gasteiger partial charge in [-0.1, -0.05) is 13.8 Å². The van der Waals surface area contributed by atoms with Crippen LogP contribution in [0.25, 0.3) is 16.0 Å². The zero-order chi connectivity index (χ0) is 23.7. The molecule has 0 saturated carbocycles. The van der Waals surface area contributed by atoms with E-state index in [1.807, 2.05) is 0 Å². The lowest BCUT2D eigenvalue weighted by Crippen LogP contribution is -2.45. The molecular formula is C22H29N5O5S. The molecule has 10 nitrogen and oxygen atoms in total. The van der Waals surface area contributed by atoms with Crippen molar-refractivity contribution in [3.63, 3.8) is 0 Å². The zero-order valence-electron chi connectivity index (χ0n) is 19.2. The topological polar surface area (TPSA) is 108 Å². The normalized spacial score (nSPS) is 16.7. The van der Waals surface area contributed by atoms with Crippen molar-refractivity contribution in [3.8, 4) is 0 Å². The number of likely N-dealkylation sites (tertiary alicyclic amines) is 1. The molecule has 0 bridgehead atoms. The number of thiophene rings is 1. The van der Waals surface area contributed by atoms with Gasteiger partial charge in [-0.05, 0) is 43.6 Å². The number of ether oxygens (including phenoxy) is 1.